The van der Waals surface area contributed by atoms with Gasteiger partial charge in [-0.15, -0.1) is 0 Å². The molecule has 3 aromatic rings. The van der Waals surface area contributed by atoms with E-state index in [0.29, 0.717) is 24.0 Å². The molecule has 2 N–H and O–H groups in total. The Bertz CT molecular complexity index is 1060. The van der Waals surface area contributed by atoms with Crippen molar-refractivity contribution in [3.8, 4) is 11.5 Å². The minimum atomic E-state index is -0.656. The maximum absolute atomic E-state index is 12.9. The van der Waals surface area contributed by atoms with Gasteiger partial charge in [0.15, 0.2) is 11.5 Å². The standard InChI is InChI=1S/C20H20N4O4/c1-27-16-8-7-12(9-17(16)28-2)11-21-19(26)15-10-18(25)23-20-22-13-5-3-4-6-14(13)24(15)20/h3-9,15H,10-11H2,1-2H3,(H,21,26)(H,22,23,25). The van der Waals surface area contributed by atoms with Gasteiger partial charge in [0.2, 0.25) is 17.8 Å². The van der Waals surface area contributed by atoms with E-state index in [-0.39, 0.29) is 18.2 Å². The van der Waals surface area contributed by atoms with E-state index in [9.17, 15) is 9.59 Å². The number of methoxy groups -OCH3 is 2. The normalized spacial score (nSPS) is 15.6. The zero-order valence-electron chi connectivity index (χ0n) is 15.6. The van der Waals surface area contributed by atoms with Gasteiger partial charge in [-0.05, 0) is 29.8 Å². The van der Waals surface area contributed by atoms with Gasteiger partial charge in [0.1, 0.15) is 6.04 Å². The topological polar surface area (TPSA) is 94.5 Å². The van der Waals surface area contributed by atoms with Gasteiger partial charge < -0.3 is 14.8 Å². The molecule has 0 saturated heterocycles. The van der Waals surface area contributed by atoms with Crippen LogP contribution < -0.4 is 20.1 Å². The van der Waals surface area contributed by atoms with Crippen LogP contribution in [0.5, 0.6) is 11.5 Å². The van der Waals surface area contributed by atoms with Crippen LogP contribution in [0, 0.1) is 0 Å². The second-order valence-corrected chi connectivity index (χ2v) is 6.47. The number of ether oxygens (including phenoxy) is 2. The average molecular weight is 380 g/mol. The number of benzene rings is 2. The largest absolute Gasteiger partial charge is 0.493 e. The number of hydrogen-bond donors (Lipinski definition) is 2. The SMILES string of the molecule is COc1ccc(CNC(=O)C2CC(=O)Nc3nc4ccccc4n32)cc1OC. The summed E-state index contributed by atoms with van der Waals surface area (Å²) in [5, 5.41) is 5.65. The molecular formula is C20H20N4O4. The number of imidazole rings is 1. The highest BCUT2D eigenvalue weighted by atomic mass is 16.5. The zero-order valence-corrected chi connectivity index (χ0v) is 15.6. The van der Waals surface area contributed by atoms with Gasteiger partial charge in [0.05, 0.1) is 31.7 Å². The molecule has 1 aromatic heterocycles. The predicted octanol–water partition coefficient (Wildman–Crippen LogP) is 2.25. The molecule has 0 fully saturated rings. The number of fused-ring (bicyclic) bond motifs is 3. The molecule has 144 valence electrons. The number of hydrogen-bond acceptors (Lipinski definition) is 5. The number of para-hydroxylation sites is 2. The van der Waals surface area contributed by atoms with Crippen LogP contribution in [0.3, 0.4) is 0 Å². The fourth-order valence-corrected chi connectivity index (χ4v) is 3.40. The van der Waals surface area contributed by atoms with Crippen molar-refractivity contribution in [2.45, 2.75) is 19.0 Å². The van der Waals surface area contributed by atoms with E-state index in [1.165, 1.54) is 0 Å². The monoisotopic (exact) mass is 380 g/mol. The number of carbonyl (C=O) groups excluding carboxylic acids is 2. The summed E-state index contributed by atoms with van der Waals surface area (Å²) in [4.78, 5) is 29.4. The third kappa shape index (κ3) is 3.13. The van der Waals surface area contributed by atoms with Crippen molar-refractivity contribution >= 4 is 28.8 Å². The minimum absolute atomic E-state index is 0.0606. The van der Waals surface area contributed by atoms with E-state index in [2.05, 4.69) is 15.6 Å². The van der Waals surface area contributed by atoms with Crippen molar-refractivity contribution in [1.29, 1.82) is 0 Å². The van der Waals surface area contributed by atoms with Crippen LogP contribution in [-0.4, -0.2) is 35.6 Å². The second kappa shape index (κ2) is 7.22. The lowest BCUT2D eigenvalue weighted by Gasteiger charge is -2.25. The molecular weight excluding hydrogens is 360 g/mol. The van der Waals surface area contributed by atoms with E-state index >= 15 is 0 Å². The Balaban J connectivity index is 1.57. The first-order chi connectivity index (χ1) is 13.6. The Morgan fingerprint density at radius 2 is 2.00 bits per heavy atom. The van der Waals surface area contributed by atoms with Crippen molar-refractivity contribution < 1.29 is 19.1 Å². The second-order valence-electron chi connectivity index (χ2n) is 6.47. The lowest BCUT2D eigenvalue weighted by atomic mass is 10.1. The Morgan fingerprint density at radius 1 is 1.21 bits per heavy atom. The van der Waals surface area contributed by atoms with Gasteiger partial charge in [0.25, 0.3) is 0 Å². The predicted molar refractivity (Wildman–Crippen MR) is 103 cm³/mol. The Hall–Kier alpha value is -3.55. The van der Waals surface area contributed by atoms with Crippen LogP contribution in [0.4, 0.5) is 5.95 Å². The highest BCUT2D eigenvalue weighted by molar-refractivity contribution is 5.99. The first-order valence-corrected chi connectivity index (χ1v) is 8.86. The number of aromatic nitrogens is 2. The highest BCUT2D eigenvalue weighted by Crippen LogP contribution is 2.31. The lowest BCUT2D eigenvalue weighted by Crippen LogP contribution is -2.38. The first kappa shape index (κ1) is 17.8. The van der Waals surface area contributed by atoms with Crippen LogP contribution in [0.25, 0.3) is 11.0 Å². The zero-order chi connectivity index (χ0) is 19.7. The number of anilines is 1. The fraction of sp³-hybridized carbons (Fsp3) is 0.250. The molecule has 2 aromatic carbocycles. The maximum Gasteiger partial charge on any atom is 0.244 e. The molecule has 8 nitrogen and oxygen atoms in total. The summed E-state index contributed by atoms with van der Waals surface area (Å²) in [5.41, 5.74) is 2.41. The van der Waals surface area contributed by atoms with E-state index in [0.717, 1.165) is 16.6 Å². The first-order valence-electron chi connectivity index (χ1n) is 8.86. The van der Waals surface area contributed by atoms with Crippen molar-refractivity contribution in [3.63, 3.8) is 0 Å². The van der Waals surface area contributed by atoms with Crippen LogP contribution in [0.2, 0.25) is 0 Å². The molecule has 8 heteroatoms. The van der Waals surface area contributed by atoms with Crippen molar-refractivity contribution in [3.05, 3.63) is 48.0 Å². The summed E-state index contributed by atoms with van der Waals surface area (Å²) < 4.78 is 12.3. The Kier molecular flexibility index (Phi) is 4.60. The van der Waals surface area contributed by atoms with Crippen LogP contribution in [0.1, 0.15) is 18.0 Å². The summed E-state index contributed by atoms with van der Waals surface area (Å²) >= 11 is 0. The lowest BCUT2D eigenvalue weighted by molar-refractivity contribution is -0.128. The smallest absolute Gasteiger partial charge is 0.244 e. The van der Waals surface area contributed by atoms with Crippen LogP contribution >= 0.6 is 0 Å². The number of nitrogens with zero attached hydrogens (tertiary/aromatic N) is 2. The van der Waals surface area contributed by atoms with E-state index in [4.69, 9.17) is 9.47 Å². The molecule has 0 aliphatic carbocycles. The maximum atomic E-state index is 12.9. The van der Waals surface area contributed by atoms with E-state index < -0.39 is 6.04 Å². The van der Waals surface area contributed by atoms with Gasteiger partial charge >= 0.3 is 0 Å². The third-order valence-electron chi connectivity index (χ3n) is 4.75. The summed E-state index contributed by atoms with van der Waals surface area (Å²) in [6.07, 6.45) is 0.0606. The van der Waals surface area contributed by atoms with Gasteiger partial charge in [0, 0.05) is 6.54 Å². The number of nitrogens with one attached hydrogen (secondary N) is 2. The Labute approximate surface area is 161 Å². The average Bonchev–Trinajstić information content (AvgIpc) is 3.09. The molecule has 2 amide bonds. The molecule has 28 heavy (non-hydrogen) atoms. The van der Waals surface area contributed by atoms with Gasteiger partial charge in [-0.2, -0.15) is 0 Å². The molecule has 1 aliphatic heterocycles. The highest BCUT2D eigenvalue weighted by Gasteiger charge is 2.32. The number of rotatable bonds is 5. The number of amides is 2. The molecule has 4 rings (SSSR count). The van der Waals surface area contributed by atoms with Gasteiger partial charge in [-0.25, -0.2) is 4.98 Å². The summed E-state index contributed by atoms with van der Waals surface area (Å²) in [5.74, 6) is 1.14. The minimum Gasteiger partial charge on any atom is -0.493 e. The molecule has 0 saturated carbocycles. The molecule has 0 spiro atoms. The molecule has 2 heterocycles. The number of carbonyl (C=O) groups is 2. The van der Waals surface area contributed by atoms with E-state index in [1.54, 1.807) is 24.9 Å². The molecule has 1 aliphatic rings. The van der Waals surface area contributed by atoms with Crippen LogP contribution in [0.15, 0.2) is 42.5 Å². The molecule has 1 atom stereocenters. The van der Waals surface area contributed by atoms with Crippen LogP contribution in [-0.2, 0) is 16.1 Å². The third-order valence-corrected chi connectivity index (χ3v) is 4.75. The van der Waals surface area contributed by atoms with Crippen molar-refractivity contribution in [1.82, 2.24) is 14.9 Å². The van der Waals surface area contributed by atoms with Gasteiger partial charge in [-0.1, -0.05) is 18.2 Å². The molecule has 0 radical (unpaired) electrons. The van der Waals surface area contributed by atoms with Crippen molar-refractivity contribution in [2.75, 3.05) is 19.5 Å². The van der Waals surface area contributed by atoms with Crippen molar-refractivity contribution in [2.24, 2.45) is 0 Å². The fourth-order valence-electron chi connectivity index (χ4n) is 3.40. The van der Waals surface area contributed by atoms with Gasteiger partial charge in [-0.3, -0.25) is 19.5 Å². The molecule has 1 unspecified atom stereocenters. The van der Waals surface area contributed by atoms with E-state index in [1.807, 2.05) is 36.4 Å². The summed E-state index contributed by atoms with van der Waals surface area (Å²) in [7, 11) is 3.13. The summed E-state index contributed by atoms with van der Waals surface area (Å²) in [6, 6.07) is 12.3. The quantitative estimate of drug-likeness (QED) is 0.708. The molecule has 0 bridgehead atoms. The Morgan fingerprint density at radius 3 is 2.79 bits per heavy atom. The summed E-state index contributed by atoms with van der Waals surface area (Å²) in [6.45, 7) is 0.305.